The number of alkyl carbamates (subject to hydrolysis) is 1. The van der Waals surface area contributed by atoms with Gasteiger partial charge >= 0.3 is 6.09 Å². The van der Waals surface area contributed by atoms with Crippen molar-refractivity contribution in [3.05, 3.63) is 12.2 Å². The number of nitrogens with one attached hydrogen (secondary N) is 2. The van der Waals surface area contributed by atoms with Crippen molar-refractivity contribution in [1.29, 1.82) is 5.26 Å². The molecule has 0 heterocycles. The molecule has 0 aliphatic heterocycles. The van der Waals surface area contributed by atoms with Crippen molar-refractivity contribution in [2.24, 2.45) is 17.8 Å². The van der Waals surface area contributed by atoms with Gasteiger partial charge in [0.1, 0.15) is 0 Å². The molecule has 0 saturated heterocycles. The van der Waals surface area contributed by atoms with Crippen LogP contribution in [0.15, 0.2) is 12.2 Å². The number of carbonyl (C=O) groups excluding carboxylic acids is 2. The Morgan fingerprint density at radius 2 is 2.17 bits per heavy atom. The van der Waals surface area contributed by atoms with Gasteiger partial charge < -0.3 is 20.3 Å². The van der Waals surface area contributed by atoms with Crippen LogP contribution in [0.25, 0.3) is 0 Å². The third-order valence-corrected chi connectivity index (χ3v) is 3.86. The molecule has 7 heteroatoms. The van der Waals surface area contributed by atoms with Gasteiger partial charge in [-0.25, -0.2) is 4.79 Å². The molecule has 0 aromatic carbocycles. The maximum atomic E-state index is 12.0. The van der Waals surface area contributed by atoms with Crippen LogP contribution >= 0.6 is 0 Å². The molecule has 128 valence electrons. The van der Waals surface area contributed by atoms with Gasteiger partial charge in [-0.3, -0.25) is 4.79 Å². The van der Waals surface area contributed by atoms with E-state index >= 15 is 0 Å². The number of amides is 2. The van der Waals surface area contributed by atoms with Crippen LogP contribution in [0.3, 0.4) is 0 Å². The second-order valence-electron chi connectivity index (χ2n) is 5.90. The second-order valence-corrected chi connectivity index (χ2v) is 5.90. The average Bonchev–Trinajstić information content (AvgIpc) is 2.55. The van der Waals surface area contributed by atoms with Crippen LogP contribution in [0, 0.1) is 29.1 Å². The number of carbonyl (C=O) groups is 2. The molecule has 0 spiro atoms. The van der Waals surface area contributed by atoms with Gasteiger partial charge in [0.15, 0.2) is 0 Å². The zero-order valence-corrected chi connectivity index (χ0v) is 14.0. The summed E-state index contributed by atoms with van der Waals surface area (Å²) in [6.45, 7) is 1.55. The SMILES string of the molecule is CNC(=O)C1C(C#N)C=CCC1COC(=O)NCCCN(C)C. The molecule has 1 aliphatic carbocycles. The van der Waals surface area contributed by atoms with Crippen molar-refractivity contribution in [1.82, 2.24) is 15.5 Å². The predicted octanol–water partition coefficient (Wildman–Crippen LogP) is 0.742. The van der Waals surface area contributed by atoms with Crippen LogP contribution in [-0.2, 0) is 9.53 Å². The summed E-state index contributed by atoms with van der Waals surface area (Å²) >= 11 is 0. The summed E-state index contributed by atoms with van der Waals surface area (Å²) in [6.07, 6.45) is 4.59. The molecule has 0 bridgehead atoms. The highest BCUT2D eigenvalue weighted by atomic mass is 16.5. The number of allylic oxidation sites excluding steroid dienone is 2. The van der Waals surface area contributed by atoms with E-state index in [4.69, 9.17) is 4.74 Å². The number of hydrogen-bond acceptors (Lipinski definition) is 5. The van der Waals surface area contributed by atoms with Crippen LogP contribution in [0.2, 0.25) is 0 Å². The van der Waals surface area contributed by atoms with E-state index in [2.05, 4.69) is 16.7 Å². The lowest BCUT2D eigenvalue weighted by Crippen LogP contribution is -2.41. The number of hydrogen-bond donors (Lipinski definition) is 2. The molecule has 3 unspecified atom stereocenters. The third-order valence-electron chi connectivity index (χ3n) is 3.86. The molecule has 3 atom stereocenters. The molecule has 0 saturated carbocycles. The highest BCUT2D eigenvalue weighted by Crippen LogP contribution is 2.30. The normalized spacial score (nSPS) is 23.2. The van der Waals surface area contributed by atoms with Crippen LogP contribution in [-0.4, -0.2) is 57.7 Å². The lowest BCUT2D eigenvalue weighted by molar-refractivity contribution is -0.127. The Hall–Kier alpha value is -2.07. The summed E-state index contributed by atoms with van der Waals surface area (Å²) in [5.41, 5.74) is 0. The van der Waals surface area contributed by atoms with Crippen LogP contribution in [0.1, 0.15) is 12.8 Å². The molecule has 0 fully saturated rings. The Kier molecular flexibility index (Phi) is 8.13. The second kappa shape index (κ2) is 9.85. The van der Waals surface area contributed by atoms with Crippen molar-refractivity contribution < 1.29 is 14.3 Å². The van der Waals surface area contributed by atoms with Crippen molar-refractivity contribution in [2.45, 2.75) is 12.8 Å². The lowest BCUT2D eigenvalue weighted by Gasteiger charge is -2.29. The molecule has 2 amide bonds. The first-order valence-corrected chi connectivity index (χ1v) is 7.82. The first-order chi connectivity index (χ1) is 11.0. The van der Waals surface area contributed by atoms with Crippen molar-refractivity contribution in [3.63, 3.8) is 0 Å². The fourth-order valence-corrected chi connectivity index (χ4v) is 2.62. The van der Waals surface area contributed by atoms with E-state index in [0.717, 1.165) is 13.0 Å². The molecule has 1 aliphatic rings. The molecule has 1 rings (SSSR count). The maximum Gasteiger partial charge on any atom is 0.407 e. The minimum Gasteiger partial charge on any atom is -0.449 e. The number of rotatable bonds is 7. The van der Waals surface area contributed by atoms with Gasteiger partial charge in [-0.1, -0.05) is 12.2 Å². The smallest absolute Gasteiger partial charge is 0.407 e. The number of nitriles is 1. The highest BCUT2D eigenvalue weighted by molar-refractivity contribution is 5.80. The van der Waals surface area contributed by atoms with Crippen LogP contribution < -0.4 is 10.6 Å². The van der Waals surface area contributed by atoms with Gasteiger partial charge in [0.05, 0.1) is 24.5 Å². The minimum atomic E-state index is -0.489. The van der Waals surface area contributed by atoms with Crippen molar-refractivity contribution in [3.8, 4) is 6.07 Å². The van der Waals surface area contributed by atoms with Gasteiger partial charge in [0, 0.05) is 19.5 Å². The van der Waals surface area contributed by atoms with Gasteiger partial charge in [-0.15, -0.1) is 0 Å². The van der Waals surface area contributed by atoms with Gasteiger partial charge in [-0.2, -0.15) is 5.26 Å². The maximum absolute atomic E-state index is 12.0. The van der Waals surface area contributed by atoms with Gasteiger partial charge in [0.2, 0.25) is 5.91 Å². The van der Waals surface area contributed by atoms with Gasteiger partial charge in [0.25, 0.3) is 0 Å². The standard InChI is InChI=1S/C16H26N4O3/c1-18-15(21)14-12(10-17)6-4-7-13(14)11-23-16(22)19-8-5-9-20(2)3/h4,6,12-14H,5,7-9,11H2,1-3H3,(H,18,21)(H,19,22). The zero-order chi connectivity index (χ0) is 17.2. The Labute approximate surface area is 137 Å². The highest BCUT2D eigenvalue weighted by Gasteiger charge is 2.36. The molecule has 2 N–H and O–H groups in total. The fourth-order valence-electron chi connectivity index (χ4n) is 2.62. The topological polar surface area (TPSA) is 94.5 Å². The Bertz CT molecular complexity index is 470. The average molecular weight is 322 g/mol. The third kappa shape index (κ3) is 6.28. The van der Waals surface area contributed by atoms with Crippen molar-refractivity contribution >= 4 is 12.0 Å². The zero-order valence-electron chi connectivity index (χ0n) is 14.0. The molecule has 0 aromatic heterocycles. The van der Waals surface area contributed by atoms with Crippen LogP contribution in [0.5, 0.6) is 0 Å². The van der Waals surface area contributed by atoms with E-state index in [9.17, 15) is 14.9 Å². The summed E-state index contributed by atoms with van der Waals surface area (Å²) in [6, 6.07) is 2.13. The summed E-state index contributed by atoms with van der Waals surface area (Å²) < 4.78 is 5.22. The molecule has 0 aromatic rings. The van der Waals surface area contributed by atoms with E-state index in [0.29, 0.717) is 13.0 Å². The van der Waals surface area contributed by atoms with Gasteiger partial charge in [-0.05, 0) is 33.5 Å². The lowest BCUT2D eigenvalue weighted by atomic mass is 9.76. The monoisotopic (exact) mass is 322 g/mol. The Morgan fingerprint density at radius 3 is 2.78 bits per heavy atom. The Balaban J connectivity index is 2.45. The summed E-state index contributed by atoms with van der Waals surface area (Å²) in [5.74, 6) is -1.35. The quantitative estimate of drug-likeness (QED) is 0.532. The molecule has 23 heavy (non-hydrogen) atoms. The van der Waals surface area contributed by atoms with Crippen molar-refractivity contribution in [2.75, 3.05) is 40.8 Å². The van der Waals surface area contributed by atoms with E-state index in [-0.39, 0.29) is 18.4 Å². The molecular weight excluding hydrogens is 296 g/mol. The fraction of sp³-hybridized carbons (Fsp3) is 0.688. The van der Waals surface area contributed by atoms with Crippen LogP contribution in [0.4, 0.5) is 4.79 Å². The van der Waals surface area contributed by atoms with E-state index in [1.165, 1.54) is 0 Å². The summed E-state index contributed by atoms with van der Waals surface area (Å²) in [5, 5.41) is 14.5. The molecule has 7 nitrogen and oxygen atoms in total. The first kappa shape index (κ1) is 19.0. The molecule has 0 radical (unpaired) electrons. The van der Waals surface area contributed by atoms with E-state index in [1.807, 2.05) is 25.1 Å². The minimum absolute atomic E-state index is 0.125. The number of ether oxygens (including phenoxy) is 1. The van der Waals surface area contributed by atoms with E-state index < -0.39 is 17.9 Å². The predicted molar refractivity (Wildman–Crippen MR) is 86.4 cm³/mol. The number of nitrogens with zero attached hydrogens (tertiary/aromatic N) is 2. The summed E-state index contributed by atoms with van der Waals surface area (Å²) in [7, 11) is 5.49. The summed E-state index contributed by atoms with van der Waals surface area (Å²) in [4.78, 5) is 25.7. The molecular formula is C16H26N4O3. The first-order valence-electron chi connectivity index (χ1n) is 7.82. The van der Waals surface area contributed by atoms with E-state index in [1.54, 1.807) is 13.1 Å². The largest absolute Gasteiger partial charge is 0.449 e. The Morgan fingerprint density at radius 1 is 1.43 bits per heavy atom.